The molecular weight excluding hydrogens is 414 g/mol. The largest absolute Gasteiger partial charge is 0.393 e. The van der Waals surface area contributed by atoms with E-state index in [0.29, 0.717) is 10.8 Å². The molecule has 4 aliphatic carbocycles. The van der Waals surface area contributed by atoms with Crippen LogP contribution in [0.4, 0.5) is 0 Å². The second-order valence-electron chi connectivity index (χ2n) is 14.0. The molecule has 0 unspecified atom stereocenters. The van der Waals surface area contributed by atoms with Gasteiger partial charge in [0, 0.05) is 6.54 Å². The molecule has 0 heterocycles. The van der Waals surface area contributed by atoms with Gasteiger partial charge < -0.3 is 5.11 Å². The molecule has 4 rings (SSSR count). The van der Waals surface area contributed by atoms with Crippen LogP contribution in [0.25, 0.3) is 0 Å². The lowest BCUT2D eigenvalue weighted by atomic mass is 9.46. The van der Waals surface area contributed by atoms with Gasteiger partial charge in [-0.25, -0.2) is 0 Å². The van der Waals surface area contributed by atoms with E-state index in [4.69, 9.17) is 0 Å². The van der Waals surface area contributed by atoms with Crippen LogP contribution in [-0.4, -0.2) is 35.7 Å². The zero-order valence-corrected chi connectivity index (χ0v) is 23.8. The Morgan fingerprint density at radius 3 is 2.32 bits per heavy atom. The van der Waals surface area contributed by atoms with Crippen LogP contribution < -0.4 is 0 Å². The first-order valence-electron chi connectivity index (χ1n) is 15.3. The highest BCUT2D eigenvalue weighted by molar-refractivity contribution is 5.32. The first-order chi connectivity index (χ1) is 16.1. The molecule has 0 aliphatic heterocycles. The van der Waals surface area contributed by atoms with E-state index < -0.39 is 0 Å². The van der Waals surface area contributed by atoms with Crippen LogP contribution in [-0.2, 0) is 0 Å². The Morgan fingerprint density at radius 2 is 1.65 bits per heavy atom. The zero-order chi connectivity index (χ0) is 24.7. The maximum absolute atomic E-state index is 10.7. The van der Waals surface area contributed by atoms with Gasteiger partial charge in [-0.1, -0.05) is 78.9 Å². The Balaban J connectivity index is 1.59. The van der Waals surface area contributed by atoms with Gasteiger partial charge in [-0.15, -0.1) is 0 Å². The second-order valence-corrected chi connectivity index (χ2v) is 14.0. The van der Waals surface area contributed by atoms with E-state index in [0.717, 1.165) is 68.0 Å². The van der Waals surface area contributed by atoms with E-state index in [2.05, 4.69) is 53.4 Å². The number of hydrogen-bond acceptors (Lipinski definition) is 2. The van der Waals surface area contributed by atoms with Gasteiger partial charge in [0.2, 0.25) is 0 Å². The van der Waals surface area contributed by atoms with E-state index in [1.165, 1.54) is 57.8 Å². The quantitative estimate of drug-likeness (QED) is 0.343. The molecule has 8 atom stereocenters. The van der Waals surface area contributed by atoms with Crippen molar-refractivity contribution in [1.82, 2.24) is 4.90 Å². The number of fused-ring (bicyclic) bond motifs is 5. The molecule has 1 N–H and O–H groups in total. The Kier molecular flexibility index (Phi) is 8.30. The van der Waals surface area contributed by atoms with E-state index in [1.54, 1.807) is 11.1 Å². The van der Waals surface area contributed by atoms with Crippen LogP contribution in [0.3, 0.4) is 0 Å². The van der Waals surface area contributed by atoms with Gasteiger partial charge in [0.05, 0.1) is 6.10 Å². The summed E-state index contributed by atoms with van der Waals surface area (Å²) < 4.78 is 0. The molecule has 2 nitrogen and oxygen atoms in total. The standard InChI is InChI=1S/C32H57NO/c1-8-33(9-2)21-24-19-26-28-14-13-27(23(5)12-10-11-22(3)4)31(28,6)18-16-29(26)32(7)17-15-25(34)20-30(24)32/h22-23,25-29,34H,8-21H2,1-7H3/t23-,25+,26+,27-,28+,29+,31-,32-/m1/s1. The molecule has 0 radical (unpaired) electrons. The molecule has 0 saturated heterocycles. The molecular formula is C32H57NO. The number of aliphatic hydroxyl groups excluding tert-OH is 1. The molecule has 34 heavy (non-hydrogen) atoms. The monoisotopic (exact) mass is 471 g/mol. The highest BCUT2D eigenvalue weighted by atomic mass is 16.3. The fourth-order valence-corrected chi connectivity index (χ4v) is 9.82. The molecule has 3 fully saturated rings. The summed E-state index contributed by atoms with van der Waals surface area (Å²) in [4.78, 5) is 2.63. The van der Waals surface area contributed by atoms with Crippen molar-refractivity contribution in [3.63, 3.8) is 0 Å². The van der Waals surface area contributed by atoms with E-state index in [-0.39, 0.29) is 6.10 Å². The van der Waals surface area contributed by atoms with Crippen molar-refractivity contribution in [2.45, 2.75) is 125 Å². The Bertz CT molecular complexity index is 723. The van der Waals surface area contributed by atoms with Crippen molar-refractivity contribution in [3.8, 4) is 0 Å². The van der Waals surface area contributed by atoms with Crippen molar-refractivity contribution >= 4 is 0 Å². The van der Waals surface area contributed by atoms with Crippen molar-refractivity contribution in [2.24, 2.45) is 46.3 Å². The number of aliphatic hydroxyl groups is 1. The van der Waals surface area contributed by atoms with Crippen LogP contribution in [0.2, 0.25) is 0 Å². The van der Waals surface area contributed by atoms with E-state index >= 15 is 0 Å². The van der Waals surface area contributed by atoms with Crippen LogP contribution in [0.5, 0.6) is 0 Å². The predicted molar refractivity (Wildman–Crippen MR) is 146 cm³/mol. The first-order valence-corrected chi connectivity index (χ1v) is 15.3. The highest BCUT2D eigenvalue weighted by Crippen LogP contribution is 2.68. The molecule has 0 bridgehead atoms. The van der Waals surface area contributed by atoms with Crippen LogP contribution in [0.15, 0.2) is 11.1 Å². The predicted octanol–water partition coefficient (Wildman–Crippen LogP) is 8.10. The van der Waals surface area contributed by atoms with Gasteiger partial charge in [0.15, 0.2) is 0 Å². The Labute approximate surface area is 212 Å². The summed E-state index contributed by atoms with van der Waals surface area (Å²) in [7, 11) is 0. The molecule has 0 aromatic heterocycles. The number of rotatable bonds is 9. The Hall–Kier alpha value is -0.340. The average Bonchev–Trinajstić information content (AvgIpc) is 3.15. The lowest BCUT2D eigenvalue weighted by Crippen LogP contribution is -2.52. The van der Waals surface area contributed by atoms with Gasteiger partial charge in [-0.05, 0) is 111 Å². The maximum Gasteiger partial charge on any atom is 0.0578 e. The van der Waals surface area contributed by atoms with Crippen molar-refractivity contribution in [1.29, 1.82) is 0 Å². The third kappa shape index (κ3) is 4.81. The molecule has 0 amide bonds. The second kappa shape index (κ2) is 10.6. The smallest absolute Gasteiger partial charge is 0.0578 e. The molecule has 196 valence electrons. The number of nitrogens with zero attached hydrogens (tertiary/aromatic N) is 1. The lowest BCUT2D eigenvalue weighted by Gasteiger charge is -2.59. The number of likely N-dealkylation sites (N-methyl/N-ethyl adjacent to an activating group) is 1. The van der Waals surface area contributed by atoms with Crippen molar-refractivity contribution < 1.29 is 5.11 Å². The summed E-state index contributed by atoms with van der Waals surface area (Å²) in [5, 5.41) is 10.7. The maximum atomic E-state index is 10.7. The van der Waals surface area contributed by atoms with Gasteiger partial charge in [-0.3, -0.25) is 4.90 Å². The van der Waals surface area contributed by atoms with Gasteiger partial charge in [0.1, 0.15) is 0 Å². The molecule has 2 heteroatoms. The minimum absolute atomic E-state index is 0.109. The van der Waals surface area contributed by atoms with Crippen LogP contribution in [0.1, 0.15) is 119 Å². The van der Waals surface area contributed by atoms with E-state index in [9.17, 15) is 5.11 Å². The van der Waals surface area contributed by atoms with Crippen molar-refractivity contribution in [3.05, 3.63) is 11.1 Å². The summed E-state index contributed by atoms with van der Waals surface area (Å²) in [6.07, 6.45) is 14.5. The molecule has 0 aromatic carbocycles. The normalized spacial score (nSPS) is 40.9. The minimum atomic E-state index is -0.109. The summed E-state index contributed by atoms with van der Waals surface area (Å²) in [5.41, 5.74) is 4.33. The fourth-order valence-electron chi connectivity index (χ4n) is 9.82. The lowest BCUT2D eigenvalue weighted by molar-refractivity contribution is -0.0605. The van der Waals surface area contributed by atoms with Crippen LogP contribution >= 0.6 is 0 Å². The first kappa shape index (κ1) is 26.7. The molecule has 3 saturated carbocycles. The minimum Gasteiger partial charge on any atom is -0.393 e. The van der Waals surface area contributed by atoms with E-state index in [1.807, 2.05) is 0 Å². The van der Waals surface area contributed by atoms with Crippen LogP contribution in [0, 0.1) is 46.3 Å². The van der Waals surface area contributed by atoms with Gasteiger partial charge in [0.25, 0.3) is 0 Å². The summed E-state index contributed by atoms with van der Waals surface area (Å²) >= 11 is 0. The average molecular weight is 472 g/mol. The topological polar surface area (TPSA) is 23.5 Å². The van der Waals surface area contributed by atoms with Gasteiger partial charge >= 0.3 is 0 Å². The Morgan fingerprint density at radius 1 is 0.912 bits per heavy atom. The summed E-state index contributed by atoms with van der Waals surface area (Å²) in [6, 6.07) is 0. The fraction of sp³-hybridized carbons (Fsp3) is 0.938. The summed E-state index contributed by atoms with van der Waals surface area (Å²) in [6.45, 7) is 20.7. The van der Waals surface area contributed by atoms with Gasteiger partial charge in [-0.2, -0.15) is 0 Å². The third-order valence-corrected chi connectivity index (χ3v) is 11.8. The zero-order valence-electron chi connectivity index (χ0n) is 23.8. The van der Waals surface area contributed by atoms with Crippen molar-refractivity contribution in [2.75, 3.05) is 19.6 Å². The SMILES string of the molecule is CCN(CC)CC1=C2C[C@@H](O)CC[C@]2(C)[C@H]2CC[C@]3(C)[C@@H]([C@H](C)CCCC(C)C)CC[C@H]3[C@@H]2C1. The third-order valence-electron chi connectivity index (χ3n) is 11.8. The highest BCUT2D eigenvalue weighted by Gasteiger charge is 2.60. The molecule has 0 spiro atoms. The summed E-state index contributed by atoms with van der Waals surface area (Å²) in [5.74, 6) is 5.31. The number of hydrogen-bond donors (Lipinski definition) is 1. The molecule has 0 aromatic rings. The molecule has 4 aliphatic rings.